The average molecular weight is 242 g/mol. The number of rotatable bonds is 3. The fourth-order valence-electron chi connectivity index (χ4n) is 2.65. The van der Waals surface area contributed by atoms with Crippen molar-refractivity contribution < 1.29 is 0 Å². The molecule has 0 bridgehead atoms. The quantitative estimate of drug-likeness (QED) is 0.750. The van der Waals surface area contributed by atoms with Gasteiger partial charge < -0.3 is 0 Å². The molecule has 96 valence electrons. The Labute approximate surface area is 111 Å². The maximum absolute atomic E-state index is 5.40. The minimum Gasteiger partial charge on any atom is -0.291 e. The summed E-state index contributed by atoms with van der Waals surface area (Å²) in [4.78, 5) is 4.91. The highest BCUT2D eigenvalue weighted by Gasteiger charge is 2.32. The van der Waals surface area contributed by atoms with Crippen molar-refractivity contribution in [3.05, 3.63) is 35.9 Å². The number of benzene rings is 1. The lowest BCUT2D eigenvalue weighted by Crippen LogP contribution is -2.58. The highest BCUT2D eigenvalue weighted by molar-refractivity contribution is 5.15. The SMILES string of the molecule is C#CCN1CCN(Cc2ccccc2)C(C)(C)C1. The largest absolute Gasteiger partial charge is 0.291 e. The van der Waals surface area contributed by atoms with E-state index in [9.17, 15) is 0 Å². The molecule has 0 amide bonds. The predicted molar refractivity (Wildman–Crippen MR) is 76.2 cm³/mol. The van der Waals surface area contributed by atoms with Crippen molar-refractivity contribution in [1.82, 2.24) is 9.80 Å². The number of nitrogens with zero attached hydrogens (tertiary/aromatic N) is 2. The van der Waals surface area contributed by atoms with E-state index in [0.29, 0.717) is 0 Å². The maximum atomic E-state index is 5.40. The number of terminal acetylenes is 1. The molecule has 0 spiro atoms. The first kappa shape index (κ1) is 13.1. The first-order valence-electron chi connectivity index (χ1n) is 6.56. The van der Waals surface area contributed by atoms with Gasteiger partial charge in [-0.2, -0.15) is 0 Å². The van der Waals surface area contributed by atoms with Crippen molar-refractivity contribution in [3.8, 4) is 12.3 Å². The van der Waals surface area contributed by atoms with Crippen LogP contribution in [0.3, 0.4) is 0 Å². The molecule has 0 aliphatic carbocycles. The molecule has 2 heteroatoms. The van der Waals surface area contributed by atoms with Crippen molar-refractivity contribution in [2.24, 2.45) is 0 Å². The molecule has 1 fully saturated rings. The highest BCUT2D eigenvalue weighted by atomic mass is 15.3. The third-order valence-corrected chi connectivity index (χ3v) is 3.68. The highest BCUT2D eigenvalue weighted by Crippen LogP contribution is 2.22. The van der Waals surface area contributed by atoms with Crippen LogP contribution in [-0.4, -0.2) is 41.5 Å². The van der Waals surface area contributed by atoms with Crippen LogP contribution in [0.5, 0.6) is 0 Å². The zero-order valence-corrected chi connectivity index (χ0v) is 11.4. The van der Waals surface area contributed by atoms with E-state index in [-0.39, 0.29) is 5.54 Å². The fraction of sp³-hybridized carbons (Fsp3) is 0.500. The van der Waals surface area contributed by atoms with Gasteiger partial charge in [-0.15, -0.1) is 6.42 Å². The third kappa shape index (κ3) is 3.13. The molecule has 0 radical (unpaired) electrons. The van der Waals surface area contributed by atoms with Gasteiger partial charge in [-0.05, 0) is 19.4 Å². The summed E-state index contributed by atoms with van der Waals surface area (Å²) < 4.78 is 0. The smallest absolute Gasteiger partial charge is 0.0600 e. The normalized spacial score (nSPS) is 20.5. The van der Waals surface area contributed by atoms with Crippen molar-refractivity contribution in [1.29, 1.82) is 0 Å². The molecule has 1 aliphatic rings. The molecule has 0 N–H and O–H groups in total. The Morgan fingerprint density at radius 2 is 1.94 bits per heavy atom. The summed E-state index contributed by atoms with van der Waals surface area (Å²) in [6.45, 7) is 9.60. The Bertz CT molecular complexity index is 416. The lowest BCUT2D eigenvalue weighted by atomic mass is 9.97. The summed E-state index contributed by atoms with van der Waals surface area (Å²) >= 11 is 0. The van der Waals surface area contributed by atoms with Crippen molar-refractivity contribution >= 4 is 0 Å². The van der Waals surface area contributed by atoms with E-state index in [1.807, 2.05) is 0 Å². The van der Waals surface area contributed by atoms with Gasteiger partial charge in [-0.1, -0.05) is 36.3 Å². The van der Waals surface area contributed by atoms with Gasteiger partial charge in [0.15, 0.2) is 0 Å². The first-order chi connectivity index (χ1) is 8.62. The summed E-state index contributed by atoms with van der Waals surface area (Å²) in [5.41, 5.74) is 1.57. The molecule has 0 unspecified atom stereocenters. The van der Waals surface area contributed by atoms with Crippen molar-refractivity contribution in [2.75, 3.05) is 26.2 Å². The van der Waals surface area contributed by atoms with E-state index < -0.39 is 0 Å². The minimum atomic E-state index is 0.185. The van der Waals surface area contributed by atoms with E-state index in [1.54, 1.807) is 0 Å². The van der Waals surface area contributed by atoms with Crippen molar-refractivity contribution in [3.63, 3.8) is 0 Å². The molecule has 18 heavy (non-hydrogen) atoms. The van der Waals surface area contributed by atoms with Crippen LogP contribution in [-0.2, 0) is 6.54 Å². The molecule has 1 heterocycles. The van der Waals surface area contributed by atoms with Gasteiger partial charge in [0.2, 0.25) is 0 Å². The Kier molecular flexibility index (Phi) is 4.06. The van der Waals surface area contributed by atoms with Crippen LogP contribution in [0, 0.1) is 12.3 Å². The minimum absolute atomic E-state index is 0.185. The van der Waals surface area contributed by atoms with Crippen LogP contribution in [0.25, 0.3) is 0 Å². The second-order valence-electron chi connectivity index (χ2n) is 5.63. The summed E-state index contributed by atoms with van der Waals surface area (Å²) in [6, 6.07) is 10.7. The summed E-state index contributed by atoms with van der Waals surface area (Å²) in [7, 11) is 0. The second kappa shape index (κ2) is 5.56. The summed E-state index contributed by atoms with van der Waals surface area (Å²) in [6.07, 6.45) is 5.40. The maximum Gasteiger partial charge on any atom is 0.0600 e. The van der Waals surface area contributed by atoms with E-state index in [1.165, 1.54) is 5.56 Å². The van der Waals surface area contributed by atoms with Crippen LogP contribution in [0.15, 0.2) is 30.3 Å². The monoisotopic (exact) mass is 242 g/mol. The van der Waals surface area contributed by atoms with Gasteiger partial charge in [0.1, 0.15) is 0 Å². The molecule has 0 saturated carbocycles. The van der Waals surface area contributed by atoms with E-state index in [4.69, 9.17) is 6.42 Å². The standard InChI is InChI=1S/C16H22N2/c1-4-10-17-11-12-18(16(2,3)14-17)13-15-8-6-5-7-9-15/h1,5-9H,10-14H2,2-3H3. The molecule has 1 aliphatic heterocycles. The molecule has 0 aromatic heterocycles. The van der Waals surface area contributed by atoms with E-state index >= 15 is 0 Å². The Hall–Kier alpha value is -1.30. The van der Waals surface area contributed by atoms with Gasteiger partial charge >= 0.3 is 0 Å². The number of hydrogen-bond acceptors (Lipinski definition) is 2. The molecule has 2 nitrogen and oxygen atoms in total. The molecular formula is C16H22N2. The van der Waals surface area contributed by atoms with Gasteiger partial charge in [0.25, 0.3) is 0 Å². The van der Waals surface area contributed by atoms with Gasteiger partial charge in [-0.25, -0.2) is 0 Å². The third-order valence-electron chi connectivity index (χ3n) is 3.68. The Morgan fingerprint density at radius 1 is 1.22 bits per heavy atom. The van der Waals surface area contributed by atoms with Crippen LogP contribution < -0.4 is 0 Å². The number of hydrogen-bond donors (Lipinski definition) is 0. The molecule has 0 atom stereocenters. The van der Waals surface area contributed by atoms with E-state index in [2.05, 4.69) is 59.9 Å². The fourth-order valence-corrected chi connectivity index (χ4v) is 2.65. The van der Waals surface area contributed by atoms with Gasteiger partial charge in [0.05, 0.1) is 6.54 Å². The van der Waals surface area contributed by atoms with Crippen molar-refractivity contribution in [2.45, 2.75) is 25.9 Å². The van der Waals surface area contributed by atoms with Crippen LogP contribution in [0.4, 0.5) is 0 Å². The van der Waals surface area contributed by atoms with E-state index in [0.717, 1.165) is 32.7 Å². The Morgan fingerprint density at radius 3 is 2.56 bits per heavy atom. The second-order valence-corrected chi connectivity index (χ2v) is 5.63. The summed E-state index contributed by atoms with van der Waals surface area (Å²) in [5, 5.41) is 0. The molecule has 1 saturated heterocycles. The van der Waals surface area contributed by atoms with Gasteiger partial charge in [-0.3, -0.25) is 9.80 Å². The topological polar surface area (TPSA) is 6.48 Å². The first-order valence-corrected chi connectivity index (χ1v) is 6.56. The average Bonchev–Trinajstić information content (AvgIpc) is 2.34. The molecular weight excluding hydrogens is 220 g/mol. The van der Waals surface area contributed by atoms with Crippen LogP contribution >= 0.6 is 0 Å². The molecule has 1 aromatic rings. The Balaban J connectivity index is 2.00. The molecule has 2 rings (SSSR count). The lowest BCUT2D eigenvalue weighted by molar-refractivity contribution is 0.0198. The van der Waals surface area contributed by atoms with Crippen LogP contribution in [0.1, 0.15) is 19.4 Å². The summed E-state index contributed by atoms with van der Waals surface area (Å²) in [5.74, 6) is 2.75. The molecule has 1 aromatic carbocycles. The zero-order valence-electron chi connectivity index (χ0n) is 11.4. The predicted octanol–water partition coefficient (Wildman–Crippen LogP) is 2.22. The lowest BCUT2D eigenvalue weighted by Gasteiger charge is -2.46. The van der Waals surface area contributed by atoms with Crippen LogP contribution in [0.2, 0.25) is 0 Å². The zero-order chi connectivity index (χ0) is 13.0. The number of piperazine rings is 1. The van der Waals surface area contributed by atoms with Gasteiger partial charge in [0, 0.05) is 31.7 Å².